The van der Waals surface area contributed by atoms with Crippen LogP contribution in [0, 0.1) is 34.5 Å². The van der Waals surface area contributed by atoms with Crippen LogP contribution in [-0.4, -0.2) is 22.1 Å². The zero-order valence-electron chi connectivity index (χ0n) is 14.4. The molecule has 0 aliphatic heterocycles. The number of hydrogen-bond acceptors (Lipinski definition) is 3. The van der Waals surface area contributed by atoms with E-state index in [1.807, 2.05) is 0 Å². The van der Waals surface area contributed by atoms with Crippen molar-refractivity contribution in [3.63, 3.8) is 0 Å². The lowest BCUT2D eigenvalue weighted by Gasteiger charge is -2.59. The normalized spacial score (nSPS) is 54.5. The third-order valence-corrected chi connectivity index (χ3v) is 8.43. The minimum absolute atomic E-state index is 0.101. The van der Waals surface area contributed by atoms with Crippen molar-refractivity contribution in [2.24, 2.45) is 34.5 Å². The molecule has 0 radical (unpaired) electrons. The summed E-state index contributed by atoms with van der Waals surface area (Å²) in [5, 5.41) is 19.5. The molecule has 0 aromatic carbocycles. The highest BCUT2D eigenvalue weighted by molar-refractivity contribution is 6.02. The molecule has 0 aromatic rings. The van der Waals surface area contributed by atoms with Gasteiger partial charge in [0, 0.05) is 11.0 Å². The molecule has 7 unspecified atom stereocenters. The van der Waals surface area contributed by atoms with Crippen LogP contribution in [0.2, 0.25) is 0 Å². The van der Waals surface area contributed by atoms with E-state index in [-0.39, 0.29) is 17.3 Å². The summed E-state index contributed by atoms with van der Waals surface area (Å²) in [6.07, 6.45) is 9.32. The lowest BCUT2D eigenvalue weighted by atomic mass is 9.45. The summed E-state index contributed by atoms with van der Waals surface area (Å²) < 4.78 is 0. The van der Waals surface area contributed by atoms with Crippen molar-refractivity contribution in [3.8, 4) is 0 Å². The molecule has 0 amide bonds. The van der Waals surface area contributed by atoms with Crippen LogP contribution in [0.1, 0.15) is 65.2 Å². The van der Waals surface area contributed by atoms with Gasteiger partial charge in [-0.25, -0.2) is 0 Å². The zero-order chi connectivity index (χ0) is 16.4. The van der Waals surface area contributed by atoms with Gasteiger partial charge in [-0.15, -0.1) is 0 Å². The van der Waals surface area contributed by atoms with E-state index in [0.717, 1.165) is 44.8 Å². The highest BCUT2D eigenvalue weighted by Gasteiger charge is 2.61. The van der Waals surface area contributed by atoms with Gasteiger partial charge in [-0.2, -0.15) is 0 Å². The Labute approximate surface area is 139 Å². The maximum atomic E-state index is 12.7. The first-order valence-electron chi connectivity index (χ1n) is 9.46. The largest absolute Gasteiger partial charge is 0.515 e. The van der Waals surface area contributed by atoms with E-state index in [2.05, 4.69) is 13.8 Å². The first-order chi connectivity index (χ1) is 10.9. The second-order valence-corrected chi connectivity index (χ2v) is 9.23. The minimum Gasteiger partial charge on any atom is -0.515 e. The van der Waals surface area contributed by atoms with Gasteiger partial charge in [-0.1, -0.05) is 13.8 Å². The third-order valence-electron chi connectivity index (χ3n) is 8.43. The summed E-state index contributed by atoms with van der Waals surface area (Å²) in [6, 6.07) is 0. The van der Waals surface area contributed by atoms with Gasteiger partial charge in [-0.05, 0) is 80.5 Å². The number of allylic oxidation sites excluding steroid dienone is 1. The fourth-order valence-electron chi connectivity index (χ4n) is 7.02. The topological polar surface area (TPSA) is 57.5 Å². The Kier molecular flexibility index (Phi) is 3.46. The summed E-state index contributed by atoms with van der Waals surface area (Å²) in [6.45, 7) is 4.61. The van der Waals surface area contributed by atoms with E-state index >= 15 is 0 Å². The van der Waals surface area contributed by atoms with Gasteiger partial charge in [-0.3, -0.25) is 4.79 Å². The molecule has 0 bridgehead atoms. The molecule has 3 heteroatoms. The number of aliphatic hydroxyl groups excluding tert-OH is 2. The van der Waals surface area contributed by atoms with Crippen molar-refractivity contribution in [1.82, 2.24) is 0 Å². The van der Waals surface area contributed by atoms with E-state index in [1.54, 1.807) is 0 Å². The quantitative estimate of drug-likeness (QED) is 0.524. The smallest absolute Gasteiger partial charge is 0.168 e. The van der Waals surface area contributed by atoms with Crippen LogP contribution in [-0.2, 0) is 4.79 Å². The first kappa shape index (κ1) is 15.7. The molecule has 0 aromatic heterocycles. The molecular formula is C20H30O3. The van der Waals surface area contributed by atoms with Crippen LogP contribution in [0.3, 0.4) is 0 Å². The third kappa shape index (κ3) is 2.01. The molecule has 2 N–H and O–H groups in total. The van der Waals surface area contributed by atoms with Crippen molar-refractivity contribution >= 4 is 5.78 Å². The number of rotatable bonds is 0. The summed E-state index contributed by atoms with van der Waals surface area (Å²) in [7, 11) is 0. The van der Waals surface area contributed by atoms with Crippen molar-refractivity contribution in [1.29, 1.82) is 0 Å². The van der Waals surface area contributed by atoms with Gasteiger partial charge in [0.25, 0.3) is 0 Å². The van der Waals surface area contributed by atoms with Gasteiger partial charge in [0.15, 0.2) is 5.78 Å². The number of carbonyl (C=O) groups excluding carboxylic acids is 1. The number of carbonyl (C=O) groups is 1. The van der Waals surface area contributed by atoms with Crippen molar-refractivity contribution in [3.05, 3.63) is 11.8 Å². The van der Waals surface area contributed by atoms with Crippen LogP contribution < -0.4 is 0 Å². The Morgan fingerprint density at radius 3 is 2.61 bits per heavy atom. The average molecular weight is 318 g/mol. The van der Waals surface area contributed by atoms with E-state index < -0.39 is 0 Å². The molecule has 4 aliphatic carbocycles. The number of ketones is 1. The van der Waals surface area contributed by atoms with Crippen LogP contribution >= 0.6 is 0 Å². The number of aliphatic hydroxyl groups is 2. The molecule has 128 valence electrons. The minimum atomic E-state index is -0.243. The van der Waals surface area contributed by atoms with Crippen molar-refractivity contribution < 1.29 is 15.0 Å². The Balaban J connectivity index is 1.66. The molecule has 4 fully saturated rings. The standard InChI is InChI=1S/C20H30O3/c1-19-7-5-14(22)10-13(19)3-4-15-16(19)6-8-20(2)17(15)9-12(11-21)18(20)23/h11,13-17,21-22H,3-10H2,1-2H3/b12-11-. The lowest BCUT2D eigenvalue weighted by Crippen LogP contribution is -2.54. The van der Waals surface area contributed by atoms with Gasteiger partial charge >= 0.3 is 0 Å². The lowest BCUT2D eigenvalue weighted by molar-refractivity contribution is -0.141. The first-order valence-corrected chi connectivity index (χ1v) is 9.46. The number of Topliss-reactive ketones (excluding diaryl/α,β-unsaturated/α-hetero) is 1. The highest BCUT2D eigenvalue weighted by Crippen LogP contribution is 2.65. The van der Waals surface area contributed by atoms with Gasteiger partial charge in [0.05, 0.1) is 12.4 Å². The van der Waals surface area contributed by atoms with Crippen LogP contribution in [0.25, 0.3) is 0 Å². The second kappa shape index (κ2) is 5.08. The van der Waals surface area contributed by atoms with E-state index in [4.69, 9.17) is 0 Å². The van der Waals surface area contributed by atoms with E-state index in [0.29, 0.717) is 34.7 Å². The second-order valence-electron chi connectivity index (χ2n) is 9.23. The van der Waals surface area contributed by atoms with Crippen molar-refractivity contribution in [2.75, 3.05) is 0 Å². The predicted molar refractivity (Wildman–Crippen MR) is 88.8 cm³/mol. The average Bonchev–Trinajstić information content (AvgIpc) is 2.79. The molecule has 0 heterocycles. The molecule has 3 nitrogen and oxygen atoms in total. The molecule has 4 saturated carbocycles. The summed E-state index contributed by atoms with van der Waals surface area (Å²) in [4.78, 5) is 12.7. The fraction of sp³-hybridized carbons (Fsp3) is 0.850. The van der Waals surface area contributed by atoms with Gasteiger partial charge in [0.2, 0.25) is 0 Å². The molecule has 4 aliphatic rings. The van der Waals surface area contributed by atoms with E-state index in [9.17, 15) is 15.0 Å². The predicted octanol–water partition coefficient (Wildman–Crippen LogP) is 4.01. The zero-order valence-corrected chi connectivity index (χ0v) is 14.4. The Morgan fingerprint density at radius 2 is 1.87 bits per heavy atom. The van der Waals surface area contributed by atoms with Crippen molar-refractivity contribution in [2.45, 2.75) is 71.3 Å². The van der Waals surface area contributed by atoms with E-state index in [1.165, 1.54) is 12.8 Å². The maximum Gasteiger partial charge on any atom is 0.168 e. The van der Waals surface area contributed by atoms with Gasteiger partial charge < -0.3 is 10.2 Å². The SMILES string of the molecule is CC12CCC3C(CCC4CC(O)CCC43C)C1C/C(=C/O)C2=O. The Bertz CT molecular complexity index is 553. The van der Waals surface area contributed by atoms with Gasteiger partial charge in [0.1, 0.15) is 0 Å². The number of hydrogen-bond donors (Lipinski definition) is 2. The summed E-state index contributed by atoms with van der Waals surface area (Å²) in [5.41, 5.74) is 0.759. The molecule has 4 rings (SSSR count). The molecule has 7 atom stereocenters. The monoisotopic (exact) mass is 318 g/mol. The number of fused-ring (bicyclic) bond motifs is 5. The molecule has 0 spiro atoms. The van der Waals surface area contributed by atoms with Crippen LogP contribution in [0.4, 0.5) is 0 Å². The maximum absolute atomic E-state index is 12.7. The summed E-state index contributed by atoms with van der Waals surface area (Å²) >= 11 is 0. The van der Waals surface area contributed by atoms with Crippen LogP contribution in [0.15, 0.2) is 11.8 Å². The Morgan fingerprint density at radius 1 is 1.09 bits per heavy atom. The highest BCUT2D eigenvalue weighted by atomic mass is 16.3. The molecular weight excluding hydrogens is 288 g/mol. The summed E-state index contributed by atoms with van der Waals surface area (Å²) in [5.74, 6) is 2.58. The molecule has 0 saturated heterocycles. The molecule has 23 heavy (non-hydrogen) atoms. The Hall–Kier alpha value is -0.830. The van der Waals surface area contributed by atoms with Crippen LogP contribution in [0.5, 0.6) is 0 Å². The fourth-order valence-corrected chi connectivity index (χ4v) is 7.02.